The molecule has 1 saturated heterocycles. The van der Waals surface area contributed by atoms with Gasteiger partial charge in [-0.2, -0.15) is 4.98 Å². The van der Waals surface area contributed by atoms with Crippen LogP contribution in [-0.4, -0.2) is 37.0 Å². The highest BCUT2D eigenvalue weighted by Crippen LogP contribution is 2.31. The van der Waals surface area contributed by atoms with Crippen molar-refractivity contribution in [2.24, 2.45) is 0 Å². The molecule has 8 nitrogen and oxygen atoms in total. The van der Waals surface area contributed by atoms with Gasteiger partial charge < -0.3 is 14.4 Å². The molecule has 1 aliphatic heterocycles. The first-order valence-electron chi connectivity index (χ1n) is 9.35. The Morgan fingerprint density at radius 2 is 2.15 bits per heavy atom. The van der Waals surface area contributed by atoms with Gasteiger partial charge in [0.1, 0.15) is 12.6 Å². The number of amides is 1. The molecule has 0 aliphatic carbocycles. The van der Waals surface area contributed by atoms with Crippen molar-refractivity contribution in [1.82, 2.24) is 24.6 Å². The predicted molar refractivity (Wildman–Crippen MR) is 99.3 cm³/mol. The molecule has 0 unspecified atom stereocenters. The van der Waals surface area contributed by atoms with Gasteiger partial charge in [0.25, 0.3) is 0 Å². The maximum atomic E-state index is 13.0. The fourth-order valence-electron chi connectivity index (χ4n) is 3.59. The SMILES string of the molecule is CC(C)c1noc([C@@H]2CCCCN2C(=O)Cn2c(=O)[nH]c3ccccc32)n1. The molecule has 0 radical (unpaired) electrons. The van der Waals surface area contributed by atoms with E-state index < -0.39 is 0 Å². The van der Waals surface area contributed by atoms with Crippen LogP contribution in [0.2, 0.25) is 0 Å². The van der Waals surface area contributed by atoms with Crippen molar-refractivity contribution in [2.75, 3.05) is 6.54 Å². The van der Waals surface area contributed by atoms with Crippen molar-refractivity contribution in [1.29, 1.82) is 0 Å². The van der Waals surface area contributed by atoms with Crippen molar-refractivity contribution in [2.45, 2.75) is 51.6 Å². The van der Waals surface area contributed by atoms with Gasteiger partial charge in [-0.3, -0.25) is 9.36 Å². The number of hydrogen-bond donors (Lipinski definition) is 1. The molecule has 1 aliphatic rings. The number of aromatic amines is 1. The van der Waals surface area contributed by atoms with Gasteiger partial charge in [0, 0.05) is 12.5 Å². The Kier molecular flexibility index (Phi) is 4.55. The quantitative estimate of drug-likeness (QED) is 0.762. The molecule has 1 N–H and O–H groups in total. The lowest BCUT2D eigenvalue weighted by atomic mass is 10.0. The summed E-state index contributed by atoms with van der Waals surface area (Å²) in [5.41, 5.74) is 1.17. The molecule has 1 fully saturated rings. The first-order chi connectivity index (χ1) is 13.0. The maximum absolute atomic E-state index is 13.0. The molecule has 0 spiro atoms. The Balaban J connectivity index is 1.60. The molecule has 2 aromatic heterocycles. The van der Waals surface area contributed by atoms with Crippen molar-refractivity contribution in [3.8, 4) is 0 Å². The van der Waals surface area contributed by atoms with Gasteiger partial charge >= 0.3 is 5.69 Å². The number of nitrogens with zero attached hydrogens (tertiary/aromatic N) is 4. The summed E-state index contributed by atoms with van der Waals surface area (Å²) in [5.74, 6) is 1.18. The largest absolute Gasteiger partial charge is 0.337 e. The first kappa shape index (κ1) is 17.5. The molecule has 142 valence electrons. The number of carbonyl (C=O) groups is 1. The third-order valence-electron chi connectivity index (χ3n) is 5.06. The second-order valence-corrected chi connectivity index (χ2v) is 7.28. The number of hydrogen-bond acceptors (Lipinski definition) is 5. The number of aromatic nitrogens is 4. The van der Waals surface area contributed by atoms with Crippen LogP contribution in [0.1, 0.15) is 56.8 Å². The second kappa shape index (κ2) is 7.02. The van der Waals surface area contributed by atoms with Crippen LogP contribution in [0.15, 0.2) is 33.6 Å². The van der Waals surface area contributed by atoms with Crippen LogP contribution in [0.4, 0.5) is 0 Å². The molecular formula is C19H23N5O3. The average Bonchev–Trinajstić information content (AvgIpc) is 3.27. The van der Waals surface area contributed by atoms with E-state index >= 15 is 0 Å². The number of likely N-dealkylation sites (tertiary alicyclic amines) is 1. The van der Waals surface area contributed by atoms with Crippen molar-refractivity contribution >= 4 is 16.9 Å². The van der Waals surface area contributed by atoms with Crippen LogP contribution in [-0.2, 0) is 11.3 Å². The fraction of sp³-hybridized carbons (Fsp3) is 0.474. The maximum Gasteiger partial charge on any atom is 0.326 e. The molecule has 1 atom stereocenters. The van der Waals surface area contributed by atoms with E-state index in [2.05, 4.69) is 15.1 Å². The zero-order valence-corrected chi connectivity index (χ0v) is 15.5. The zero-order chi connectivity index (χ0) is 19.0. The van der Waals surface area contributed by atoms with Crippen LogP contribution in [0.5, 0.6) is 0 Å². The highest BCUT2D eigenvalue weighted by Gasteiger charge is 2.32. The number of rotatable bonds is 4. The number of benzene rings is 1. The summed E-state index contributed by atoms with van der Waals surface area (Å²) in [6.07, 6.45) is 2.71. The average molecular weight is 369 g/mol. The van der Waals surface area contributed by atoms with E-state index in [0.717, 1.165) is 30.3 Å². The number of piperidine rings is 1. The van der Waals surface area contributed by atoms with Crippen LogP contribution >= 0.6 is 0 Å². The Labute approximate surface area is 156 Å². The lowest BCUT2D eigenvalue weighted by molar-refractivity contribution is -0.136. The van der Waals surface area contributed by atoms with Crippen LogP contribution in [0.25, 0.3) is 11.0 Å². The van der Waals surface area contributed by atoms with E-state index in [-0.39, 0.29) is 30.1 Å². The van der Waals surface area contributed by atoms with E-state index in [9.17, 15) is 9.59 Å². The lowest BCUT2D eigenvalue weighted by Crippen LogP contribution is -2.41. The Hall–Kier alpha value is -2.90. The first-order valence-corrected chi connectivity index (χ1v) is 9.35. The van der Waals surface area contributed by atoms with Gasteiger partial charge in [0.2, 0.25) is 11.8 Å². The molecule has 8 heteroatoms. The van der Waals surface area contributed by atoms with Gasteiger partial charge in [-0.05, 0) is 31.4 Å². The molecule has 0 saturated carbocycles. The van der Waals surface area contributed by atoms with Crippen molar-refractivity contribution in [3.63, 3.8) is 0 Å². The van der Waals surface area contributed by atoms with E-state index in [4.69, 9.17) is 4.52 Å². The summed E-state index contributed by atoms with van der Waals surface area (Å²) >= 11 is 0. The molecule has 0 bridgehead atoms. The molecule has 3 heterocycles. The molecule has 27 heavy (non-hydrogen) atoms. The molecule has 1 aromatic carbocycles. The smallest absolute Gasteiger partial charge is 0.326 e. The Bertz CT molecular complexity index is 1020. The van der Waals surface area contributed by atoms with Crippen molar-refractivity contribution in [3.05, 3.63) is 46.5 Å². The monoisotopic (exact) mass is 369 g/mol. The topological polar surface area (TPSA) is 97.0 Å². The summed E-state index contributed by atoms with van der Waals surface area (Å²) in [7, 11) is 0. The van der Waals surface area contributed by atoms with Crippen LogP contribution in [0, 0.1) is 0 Å². The third kappa shape index (κ3) is 3.27. The van der Waals surface area contributed by atoms with Gasteiger partial charge in [0.05, 0.1) is 11.0 Å². The van der Waals surface area contributed by atoms with E-state index in [1.54, 1.807) is 4.90 Å². The molecule has 3 aromatic rings. The highest BCUT2D eigenvalue weighted by atomic mass is 16.5. The van der Waals surface area contributed by atoms with Gasteiger partial charge in [-0.25, -0.2) is 4.79 Å². The molecular weight excluding hydrogens is 346 g/mol. The summed E-state index contributed by atoms with van der Waals surface area (Å²) in [6.45, 7) is 4.62. The number of para-hydroxylation sites is 2. The number of H-pyrrole nitrogens is 1. The lowest BCUT2D eigenvalue weighted by Gasteiger charge is -2.33. The van der Waals surface area contributed by atoms with Gasteiger partial charge in [-0.15, -0.1) is 0 Å². The van der Waals surface area contributed by atoms with Crippen molar-refractivity contribution < 1.29 is 9.32 Å². The van der Waals surface area contributed by atoms with E-state index in [0.29, 0.717) is 18.3 Å². The molecule has 4 rings (SSSR count). The highest BCUT2D eigenvalue weighted by molar-refractivity contribution is 5.80. The number of fused-ring (bicyclic) bond motifs is 1. The number of carbonyl (C=O) groups excluding carboxylic acids is 1. The predicted octanol–water partition coefficient (Wildman–Crippen LogP) is 2.59. The summed E-state index contributed by atoms with van der Waals surface area (Å²) in [6, 6.07) is 7.14. The minimum atomic E-state index is -0.280. The normalized spacial score (nSPS) is 17.7. The van der Waals surface area contributed by atoms with Crippen LogP contribution in [0.3, 0.4) is 0 Å². The summed E-state index contributed by atoms with van der Waals surface area (Å²) in [5, 5.41) is 4.03. The minimum Gasteiger partial charge on any atom is -0.337 e. The summed E-state index contributed by atoms with van der Waals surface area (Å²) < 4.78 is 6.93. The van der Waals surface area contributed by atoms with Crippen LogP contribution < -0.4 is 5.69 Å². The minimum absolute atomic E-state index is 0.00940. The Morgan fingerprint density at radius 1 is 1.33 bits per heavy atom. The zero-order valence-electron chi connectivity index (χ0n) is 15.5. The van der Waals surface area contributed by atoms with Gasteiger partial charge in [-0.1, -0.05) is 31.1 Å². The van der Waals surface area contributed by atoms with Gasteiger partial charge in [0.15, 0.2) is 5.82 Å². The Morgan fingerprint density at radius 3 is 2.93 bits per heavy atom. The third-order valence-corrected chi connectivity index (χ3v) is 5.06. The fourth-order valence-corrected chi connectivity index (χ4v) is 3.59. The van der Waals surface area contributed by atoms with E-state index in [1.807, 2.05) is 38.1 Å². The summed E-state index contributed by atoms with van der Waals surface area (Å²) in [4.78, 5) is 34.4. The number of imidazole rings is 1. The molecule has 1 amide bonds. The van der Waals surface area contributed by atoms with E-state index in [1.165, 1.54) is 4.57 Å². The standard InChI is InChI=1S/C19H23N5O3/c1-12(2)17-21-18(27-22-17)15-9-5-6-10-23(15)16(25)11-24-14-8-4-3-7-13(14)20-19(24)26/h3-4,7-8,12,15H,5-6,9-11H2,1-2H3,(H,20,26)/t15-/m0/s1. The number of nitrogens with one attached hydrogen (secondary N) is 1. The second-order valence-electron chi connectivity index (χ2n) is 7.28.